The van der Waals surface area contributed by atoms with Crippen molar-refractivity contribution in [3.8, 4) is 11.3 Å². The number of aryl methyl sites for hydroxylation is 1. The zero-order valence-electron chi connectivity index (χ0n) is 18.6. The van der Waals surface area contributed by atoms with Crippen LogP contribution in [0.3, 0.4) is 0 Å². The number of nitrogens with zero attached hydrogens (tertiary/aromatic N) is 1. The van der Waals surface area contributed by atoms with E-state index in [2.05, 4.69) is 33.7 Å². The maximum atomic E-state index is 12.8. The minimum atomic E-state index is -0.133. The largest absolute Gasteiger partial charge is 0.456 e. The molecule has 0 saturated carbocycles. The molecule has 170 valence electrons. The van der Waals surface area contributed by atoms with Crippen LogP contribution in [0, 0.1) is 6.92 Å². The van der Waals surface area contributed by atoms with Gasteiger partial charge in [0.05, 0.1) is 5.69 Å². The molecule has 0 bridgehead atoms. The molecule has 4 aromatic rings. The van der Waals surface area contributed by atoms with Gasteiger partial charge in [-0.3, -0.25) is 9.69 Å². The van der Waals surface area contributed by atoms with E-state index in [4.69, 9.17) is 4.42 Å². The smallest absolute Gasteiger partial charge is 0.255 e. The molecule has 5 nitrogen and oxygen atoms in total. The Labute approximate surface area is 200 Å². The van der Waals surface area contributed by atoms with Gasteiger partial charge in [-0.2, -0.15) is 0 Å². The molecule has 5 rings (SSSR count). The number of anilines is 1. The van der Waals surface area contributed by atoms with Crippen LogP contribution < -0.4 is 10.6 Å². The summed E-state index contributed by atoms with van der Waals surface area (Å²) in [4.78, 5) is 15.2. The molecule has 2 heterocycles. The average molecular weight is 462 g/mol. The van der Waals surface area contributed by atoms with Gasteiger partial charge in [0.1, 0.15) is 11.3 Å². The zero-order valence-corrected chi connectivity index (χ0v) is 19.5. The first-order chi connectivity index (χ1) is 15.7. The Kier molecular flexibility index (Phi) is 7.14. The summed E-state index contributed by atoms with van der Waals surface area (Å²) in [6, 6.07) is 23.8. The highest BCUT2D eigenvalue weighted by Crippen LogP contribution is 2.33. The molecule has 0 spiro atoms. The van der Waals surface area contributed by atoms with Gasteiger partial charge in [-0.15, -0.1) is 12.4 Å². The molecule has 1 fully saturated rings. The Morgan fingerprint density at radius 3 is 2.55 bits per heavy atom. The predicted octanol–water partition coefficient (Wildman–Crippen LogP) is 5.49. The molecule has 3 aromatic carbocycles. The van der Waals surface area contributed by atoms with Gasteiger partial charge >= 0.3 is 0 Å². The predicted molar refractivity (Wildman–Crippen MR) is 136 cm³/mol. The molecule has 2 N–H and O–H groups in total. The van der Waals surface area contributed by atoms with Gasteiger partial charge in [-0.25, -0.2) is 0 Å². The van der Waals surface area contributed by atoms with Crippen LogP contribution in [0.2, 0.25) is 0 Å². The first-order valence-corrected chi connectivity index (χ1v) is 11.1. The van der Waals surface area contributed by atoms with Crippen LogP contribution in [0.5, 0.6) is 0 Å². The molecule has 0 aliphatic carbocycles. The van der Waals surface area contributed by atoms with Gasteiger partial charge in [0.15, 0.2) is 0 Å². The normalized spacial score (nSPS) is 14.1. The molecule has 6 heteroatoms. The number of carbonyl (C=O) groups is 1. The van der Waals surface area contributed by atoms with E-state index >= 15 is 0 Å². The monoisotopic (exact) mass is 461 g/mol. The zero-order chi connectivity index (χ0) is 21.9. The van der Waals surface area contributed by atoms with Crippen molar-refractivity contribution in [3.05, 3.63) is 89.5 Å². The fourth-order valence-corrected chi connectivity index (χ4v) is 4.14. The summed E-state index contributed by atoms with van der Waals surface area (Å²) in [6.07, 6.45) is 0. The van der Waals surface area contributed by atoms with E-state index in [-0.39, 0.29) is 18.3 Å². The van der Waals surface area contributed by atoms with E-state index in [1.807, 2.05) is 61.5 Å². The van der Waals surface area contributed by atoms with Crippen LogP contribution in [-0.2, 0) is 6.54 Å². The van der Waals surface area contributed by atoms with Crippen LogP contribution in [0.1, 0.15) is 21.5 Å². The molecule has 1 aliphatic heterocycles. The second kappa shape index (κ2) is 10.2. The second-order valence-corrected chi connectivity index (χ2v) is 8.37. The van der Waals surface area contributed by atoms with Crippen molar-refractivity contribution in [1.82, 2.24) is 10.2 Å². The van der Waals surface area contributed by atoms with E-state index in [0.29, 0.717) is 5.56 Å². The molecule has 1 aliphatic rings. The number of fused-ring (bicyclic) bond motifs is 1. The highest BCUT2D eigenvalue weighted by atomic mass is 35.5. The quantitative estimate of drug-likeness (QED) is 0.412. The lowest BCUT2D eigenvalue weighted by Crippen LogP contribution is -2.42. The van der Waals surface area contributed by atoms with Gasteiger partial charge in [0.2, 0.25) is 0 Å². The number of hydrogen-bond donors (Lipinski definition) is 2. The number of benzene rings is 3. The number of halogens is 1. The topological polar surface area (TPSA) is 57.5 Å². The van der Waals surface area contributed by atoms with E-state index < -0.39 is 0 Å². The van der Waals surface area contributed by atoms with Crippen LogP contribution in [0.4, 0.5) is 5.69 Å². The summed E-state index contributed by atoms with van der Waals surface area (Å²) in [6.45, 7) is 7.14. The first kappa shape index (κ1) is 23.1. The number of carbonyl (C=O) groups excluding carboxylic acids is 1. The van der Waals surface area contributed by atoms with Crippen molar-refractivity contribution >= 4 is 35.0 Å². The minimum absolute atomic E-state index is 0. The van der Waals surface area contributed by atoms with Crippen molar-refractivity contribution in [2.75, 3.05) is 31.5 Å². The molecule has 0 atom stereocenters. The van der Waals surface area contributed by atoms with E-state index in [0.717, 1.165) is 66.3 Å². The fraction of sp³-hybridized carbons (Fsp3) is 0.222. The summed E-state index contributed by atoms with van der Waals surface area (Å²) in [7, 11) is 0. The standard InChI is InChI=1S/C27H27N3O2.ClH/c1-19-6-9-21(10-7-19)27(31)29-24-5-3-2-4-23(24)26-17-22-11-8-20(16-25(22)32-26)18-30-14-12-28-13-15-30;/h2-11,16-17,28H,12-15,18H2,1H3,(H,29,31);1H. The Morgan fingerprint density at radius 1 is 1.00 bits per heavy atom. The van der Waals surface area contributed by atoms with Crippen molar-refractivity contribution in [3.63, 3.8) is 0 Å². The van der Waals surface area contributed by atoms with Crippen molar-refractivity contribution in [2.45, 2.75) is 13.5 Å². The third-order valence-corrected chi connectivity index (χ3v) is 5.95. The molecular formula is C27H28ClN3O2. The Morgan fingerprint density at radius 2 is 1.76 bits per heavy atom. The van der Waals surface area contributed by atoms with E-state index in [1.165, 1.54) is 5.56 Å². The van der Waals surface area contributed by atoms with E-state index in [1.54, 1.807) is 0 Å². The molecule has 1 saturated heterocycles. The number of para-hydroxylation sites is 1. The van der Waals surface area contributed by atoms with Crippen LogP contribution >= 0.6 is 12.4 Å². The molecule has 1 amide bonds. The average Bonchev–Trinajstić information content (AvgIpc) is 3.24. The summed E-state index contributed by atoms with van der Waals surface area (Å²) in [5, 5.41) is 7.50. The lowest BCUT2D eigenvalue weighted by Gasteiger charge is -2.27. The van der Waals surface area contributed by atoms with Gasteiger partial charge in [0, 0.05) is 49.2 Å². The lowest BCUT2D eigenvalue weighted by molar-refractivity contribution is 0.102. The second-order valence-electron chi connectivity index (χ2n) is 8.37. The SMILES string of the molecule is Cc1ccc(C(=O)Nc2ccccc2-c2cc3ccc(CN4CCNCC4)cc3o2)cc1.Cl. The Hall–Kier alpha value is -3.12. The molecule has 33 heavy (non-hydrogen) atoms. The minimum Gasteiger partial charge on any atom is -0.456 e. The van der Waals surface area contributed by atoms with Gasteiger partial charge in [-0.05, 0) is 48.9 Å². The van der Waals surface area contributed by atoms with Crippen LogP contribution in [-0.4, -0.2) is 37.0 Å². The maximum absolute atomic E-state index is 12.8. The Balaban J connectivity index is 0.00000259. The number of piperazine rings is 1. The third kappa shape index (κ3) is 5.28. The number of nitrogens with one attached hydrogen (secondary N) is 2. The van der Waals surface area contributed by atoms with Gasteiger partial charge in [0.25, 0.3) is 5.91 Å². The number of rotatable bonds is 5. The summed E-state index contributed by atoms with van der Waals surface area (Å²) < 4.78 is 6.25. The number of amides is 1. The van der Waals surface area contributed by atoms with Crippen molar-refractivity contribution in [2.24, 2.45) is 0 Å². The van der Waals surface area contributed by atoms with Crippen LogP contribution in [0.25, 0.3) is 22.3 Å². The summed E-state index contributed by atoms with van der Waals surface area (Å²) in [5.74, 6) is 0.617. The van der Waals surface area contributed by atoms with Crippen LogP contribution in [0.15, 0.2) is 77.2 Å². The third-order valence-electron chi connectivity index (χ3n) is 5.95. The first-order valence-electron chi connectivity index (χ1n) is 11.1. The lowest BCUT2D eigenvalue weighted by atomic mass is 10.1. The molecule has 0 unspecified atom stereocenters. The van der Waals surface area contributed by atoms with Crippen molar-refractivity contribution in [1.29, 1.82) is 0 Å². The fourth-order valence-electron chi connectivity index (χ4n) is 4.14. The molecule has 0 radical (unpaired) electrons. The Bertz CT molecular complexity index is 1240. The number of furan rings is 1. The van der Waals surface area contributed by atoms with Gasteiger partial charge < -0.3 is 15.1 Å². The highest BCUT2D eigenvalue weighted by Gasteiger charge is 2.15. The maximum Gasteiger partial charge on any atom is 0.255 e. The number of hydrogen-bond acceptors (Lipinski definition) is 4. The highest BCUT2D eigenvalue weighted by molar-refractivity contribution is 6.06. The molecular weight excluding hydrogens is 434 g/mol. The van der Waals surface area contributed by atoms with Gasteiger partial charge in [-0.1, -0.05) is 42.0 Å². The summed E-state index contributed by atoms with van der Waals surface area (Å²) in [5.41, 5.74) is 5.48. The summed E-state index contributed by atoms with van der Waals surface area (Å²) >= 11 is 0. The van der Waals surface area contributed by atoms with E-state index in [9.17, 15) is 4.79 Å². The van der Waals surface area contributed by atoms with Crippen molar-refractivity contribution < 1.29 is 9.21 Å². The molecule has 1 aromatic heterocycles.